The Hall–Kier alpha value is -0.890. The molecule has 0 unspecified atom stereocenters. The number of rotatable bonds is 1. The van der Waals surface area contributed by atoms with Crippen molar-refractivity contribution >= 4 is 0 Å². The maximum atomic E-state index is 13.6. The molecule has 1 nitrogen and oxygen atoms in total. The van der Waals surface area contributed by atoms with Gasteiger partial charge in [-0.25, -0.2) is 4.39 Å². The van der Waals surface area contributed by atoms with Gasteiger partial charge in [0, 0.05) is 12.5 Å². The van der Waals surface area contributed by atoms with Crippen molar-refractivity contribution in [2.45, 2.75) is 19.3 Å². The summed E-state index contributed by atoms with van der Waals surface area (Å²) in [6.45, 7) is 3.75. The summed E-state index contributed by atoms with van der Waals surface area (Å²) in [7, 11) is 0. The number of hydrogen-bond donors (Lipinski definition) is 1. The van der Waals surface area contributed by atoms with Crippen LogP contribution >= 0.6 is 0 Å². The van der Waals surface area contributed by atoms with Crippen molar-refractivity contribution in [2.75, 3.05) is 13.1 Å². The van der Waals surface area contributed by atoms with E-state index in [0.717, 1.165) is 30.6 Å². The third-order valence-corrected chi connectivity index (χ3v) is 2.72. The monoisotopic (exact) mass is 179 g/mol. The fourth-order valence-corrected chi connectivity index (χ4v) is 1.91. The van der Waals surface area contributed by atoms with Gasteiger partial charge in [0.15, 0.2) is 0 Å². The second-order valence-corrected chi connectivity index (χ2v) is 3.67. The summed E-state index contributed by atoms with van der Waals surface area (Å²) in [6.07, 6.45) is 1.06. The zero-order chi connectivity index (χ0) is 9.26. The van der Waals surface area contributed by atoms with Gasteiger partial charge in [-0.1, -0.05) is 18.2 Å². The molecule has 1 fully saturated rings. The van der Waals surface area contributed by atoms with E-state index in [1.54, 1.807) is 0 Å². The summed E-state index contributed by atoms with van der Waals surface area (Å²) >= 11 is 0. The first-order chi connectivity index (χ1) is 6.29. The van der Waals surface area contributed by atoms with Crippen molar-refractivity contribution in [1.29, 1.82) is 0 Å². The van der Waals surface area contributed by atoms with E-state index in [2.05, 4.69) is 5.32 Å². The maximum Gasteiger partial charge on any atom is 0.129 e. The van der Waals surface area contributed by atoms with E-state index >= 15 is 0 Å². The van der Waals surface area contributed by atoms with Crippen LogP contribution in [0.15, 0.2) is 18.2 Å². The quantitative estimate of drug-likeness (QED) is 0.697. The Balaban J connectivity index is 2.33. The normalized spacial score (nSPS) is 22.2. The van der Waals surface area contributed by atoms with Gasteiger partial charge in [0.2, 0.25) is 0 Å². The van der Waals surface area contributed by atoms with Crippen molar-refractivity contribution in [2.24, 2.45) is 0 Å². The lowest BCUT2D eigenvalue weighted by Gasteiger charge is -2.10. The second-order valence-electron chi connectivity index (χ2n) is 3.67. The Bertz CT molecular complexity index is 303. The Morgan fingerprint density at radius 1 is 1.46 bits per heavy atom. The van der Waals surface area contributed by atoms with Gasteiger partial charge in [0.05, 0.1) is 0 Å². The molecule has 13 heavy (non-hydrogen) atoms. The van der Waals surface area contributed by atoms with Gasteiger partial charge in [0.1, 0.15) is 5.82 Å². The van der Waals surface area contributed by atoms with E-state index in [1.165, 1.54) is 0 Å². The summed E-state index contributed by atoms with van der Waals surface area (Å²) in [4.78, 5) is 0. The molecule has 1 aliphatic heterocycles. The third-order valence-electron chi connectivity index (χ3n) is 2.72. The van der Waals surface area contributed by atoms with Gasteiger partial charge in [0.25, 0.3) is 0 Å². The van der Waals surface area contributed by atoms with Crippen molar-refractivity contribution < 1.29 is 4.39 Å². The van der Waals surface area contributed by atoms with Gasteiger partial charge in [-0.15, -0.1) is 0 Å². The first kappa shape index (κ1) is 8.70. The van der Waals surface area contributed by atoms with Gasteiger partial charge in [-0.3, -0.25) is 0 Å². The van der Waals surface area contributed by atoms with E-state index in [-0.39, 0.29) is 5.82 Å². The number of halogens is 1. The molecule has 1 N–H and O–H groups in total. The summed E-state index contributed by atoms with van der Waals surface area (Å²) < 4.78 is 13.6. The van der Waals surface area contributed by atoms with Gasteiger partial charge < -0.3 is 5.32 Å². The molecule has 2 rings (SSSR count). The molecule has 0 amide bonds. The van der Waals surface area contributed by atoms with Gasteiger partial charge in [-0.2, -0.15) is 0 Å². The molecule has 2 heteroatoms. The summed E-state index contributed by atoms with van der Waals surface area (Å²) in [6, 6.07) is 5.66. The van der Waals surface area contributed by atoms with Crippen molar-refractivity contribution in [3.05, 3.63) is 35.1 Å². The van der Waals surface area contributed by atoms with E-state index in [9.17, 15) is 4.39 Å². The molecule has 1 heterocycles. The second kappa shape index (κ2) is 3.46. The average molecular weight is 179 g/mol. The van der Waals surface area contributed by atoms with Crippen LogP contribution in [-0.4, -0.2) is 13.1 Å². The Morgan fingerprint density at radius 3 is 3.00 bits per heavy atom. The average Bonchev–Trinajstić information content (AvgIpc) is 2.62. The van der Waals surface area contributed by atoms with Crippen LogP contribution in [0.1, 0.15) is 23.5 Å². The van der Waals surface area contributed by atoms with Crippen LogP contribution in [0.25, 0.3) is 0 Å². The highest BCUT2D eigenvalue weighted by molar-refractivity contribution is 5.28. The lowest BCUT2D eigenvalue weighted by atomic mass is 9.96. The lowest BCUT2D eigenvalue weighted by Crippen LogP contribution is -2.09. The van der Waals surface area contributed by atoms with Crippen LogP contribution in [0.2, 0.25) is 0 Å². The molecule has 1 atom stereocenters. The number of aryl methyl sites for hydroxylation is 1. The molecule has 1 aromatic carbocycles. The summed E-state index contributed by atoms with van der Waals surface area (Å²) in [5, 5.41) is 3.25. The van der Waals surface area contributed by atoms with Gasteiger partial charge in [-0.05, 0) is 31.0 Å². The SMILES string of the molecule is Cc1cccc([C@@H]2CCNC2)c1F. The van der Waals surface area contributed by atoms with Crippen LogP contribution in [0, 0.1) is 12.7 Å². The van der Waals surface area contributed by atoms with Crippen molar-refractivity contribution in [3.63, 3.8) is 0 Å². The zero-order valence-corrected chi connectivity index (χ0v) is 7.81. The molecule has 1 saturated heterocycles. The predicted molar refractivity (Wildman–Crippen MR) is 51.4 cm³/mol. The smallest absolute Gasteiger partial charge is 0.129 e. The van der Waals surface area contributed by atoms with Crippen LogP contribution in [0.4, 0.5) is 4.39 Å². The van der Waals surface area contributed by atoms with Crippen LogP contribution in [0.3, 0.4) is 0 Å². The van der Waals surface area contributed by atoms with Crippen molar-refractivity contribution in [3.8, 4) is 0 Å². The highest BCUT2D eigenvalue weighted by atomic mass is 19.1. The minimum atomic E-state index is -0.0174. The first-order valence-electron chi connectivity index (χ1n) is 4.75. The molecule has 0 saturated carbocycles. The van der Waals surface area contributed by atoms with Crippen LogP contribution in [0.5, 0.6) is 0 Å². The number of nitrogens with one attached hydrogen (secondary N) is 1. The van der Waals surface area contributed by atoms with E-state index in [0.29, 0.717) is 5.92 Å². The fourth-order valence-electron chi connectivity index (χ4n) is 1.91. The molecule has 0 spiro atoms. The predicted octanol–water partition coefficient (Wildman–Crippen LogP) is 2.21. The third kappa shape index (κ3) is 1.59. The first-order valence-corrected chi connectivity index (χ1v) is 4.75. The molecule has 0 radical (unpaired) electrons. The topological polar surface area (TPSA) is 12.0 Å². The number of hydrogen-bond acceptors (Lipinski definition) is 1. The van der Waals surface area contributed by atoms with E-state index in [4.69, 9.17) is 0 Å². The van der Waals surface area contributed by atoms with E-state index in [1.807, 2.05) is 25.1 Å². The van der Waals surface area contributed by atoms with Crippen LogP contribution in [-0.2, 0) is 0 Å². The summed E-state index contributed by atoms with van der Waals surface area (Å²) in [5.41, 5.74) is 1.63. The minimum absolute atomic E-state index is 0.0174. The fraction of sp³-hybridized carbons (Fsp3) is 0.455. The maximum absolute atomic E-state index is 13.6. The van der Waals surface area contributed by atoms with Gasteiger partial charge >= 0.3 is 0 Å². The Morgan fingerprint density at radius 2 is 2.31 bits per heavy atom. The van der Waals surface area contributed by atoms with Crippen molar-refractivity contribution in [1.82, 2.24) is 5.32 Å². The lowest BCUT2D eigenvalue weighted by molar-refractivity contribution is 0.580. The molecular weight excluding hydrogens is 165 g/mol. The summed E-state index contributed by atoms with van der Waals surface area (Å²) in [5.74, 6) is 0.358. The minimum Gasteiger partial charge on any atom is -0.316 e. The largest absolute Gasteiger partial charge is 0.316 e. The highest BCUT2D eigenvalue weighted by Gasteiger charge is 2.20. The molecule has 0 bridgehead atoms. The molecule has 1 aliphatic rings. The number of benzene rings is 1. The highest BCUT2D eigenvalue weighted by Crippen LogP contribution is 2.25. The van der Waals surface area contributed by atoms with Crippen LogP contribution < -0.4 is 5.32 Å². The molecule has 70 valence electrons. The Kier molecular flexibility index (Phi) is 2.32. The Labute approximate surface area is 78.0 Å². The molecule has 0 aromatic heterocycles. The molecule has 1 aromatic rings. The molecule has 0 aliphatic carbocycles. The standard InChI is InChI=1S/C11H14FN/c1-8-3-2-4-10(11(8)12)9-5-6-13-7-9/h2-4,9,13H,5-7H2,1H3/t9-/m1/s1. The van der Waals surface area contributed by atoms with E-state index < -0.39 is 0 Å². The molecular formula is C11H14FN. The zero-order valence-electron chi connectivity index (χ0n) is 7.81.